The van der Waals surface area contributed by atoms with Crippen LogP contribution in [0.1, 0.15) is 36.0 Å². The molecule has 34 heavy (non-hydrogen) atoms. The Morgan fingerprint density at radius 3 is 2.35 bits per heavy atom. The minimum Gasteiger partial charge on any atom is -0.507 e. The van der Waals surface area contributed by atoms with Crippen molar-refractivity contribution in [2.45, 2.75) is 31.1 Å². The van der Waals surface area contributed by atoms with Gasteiger partial charge in [-0.1, -0.05) is 60.2 Å². The van der Waals surface area contributed by atoms with Crippen LogP contribution in [0.2, 0.25) is 0 Å². The van der Waals surface area contributed by atoms with Gasteiger partial charge in [0.25, 0.3) is 10.0 Å². The minimum atomic E-state index is -3.85. The third-order valence-corrected chi connectivity index (χ3v) is 6.78. The molecule has 2 N–H and O–H groups in total. The number of nitrogens with zero attached hydrogens (tertiary/aromatic N) is 1. The van der Waals surface area contributed by atoms with Crippen LogP contribution in [0.5, 0.6) is 5.75 Å². The maximum Gasteiger partial charge on any atom is 0.343 e. The lowest BCUT2D eigenvalue weighted by molar-refractivity contribution is 0.452. The number of sulfonamides is 1. The lowest BCUT2D eigenvalue weighted by Crippen LogP contribution is -2.21. The second-order valence-electron chi connectivity index (χ2n) is 8.07. The number of fused-ring (bicyclic) bond motifs is 1. The Morgan fingerprint density at radius 1 is 1.00 bits per heavy atom. The van der Waals surface area contributed by atoms with Gasteiger partial charge in [-0.05, 0) is 50.1 Å². The highest BCUT2D eigenvalue weighted by Crippen LogP contribution is 2.36. The number of hydrogen-bond acceptors (Lipinski definition) is 6. The van der Waals surface area contributed by atoms with Gasteiger partial charge in [-0.3, -0.25) is 0 Å². The summed E-state index contributed by atoms with van der Waals surface area (Å²) in [6.45, 7) is 3.53. The Kier molecular flexibility index (Phi) is 6.51. The van der Waals surface area contributed by atoms with Crippen LogP contribution in [0.3, 0.4) is 0 Å². The predicted octanol–water partition coefficient (Wildman–Crippen LogP) is 4.68. The number of hydrogen-bond donors (Lipinski definition) is 2. The standard InChI is InChI=1S/C26H24N2O5S/c1-17-12-14-20(15-13-17)34(31,32)28-27-18(2)16-22(19-8-4-3-5-9-19)24-25(29)21-10-6-7-11-23(21)33-26(24)30/h3-15,22,28-29H,16H2,1-2H3/b27-18-/t22-/m1/s1. The third kappa shape index (κ3) is 4.87. The zero-order valence-electron chi connectivity index (χ0n) is 18.7. The van der Waals surface area contributed by atoms with Gasteiger partial charge in [0.05, 0.1) is 15.8 Å². The summed E-state index contributed by atoms with van der Waals surface area (Å²) in [6.07, 6.45) is 0.178. The monoisotopic (exact) mass is 476 g/mol. The van der Waals surface area contributed by atoms with Crippen LogP contribution < -0.4 is 10.5 Å². The zero-order chi connectivity index (χ0) is 24.3. The Hall–Kier alpha value is -3.91. The van der Waals surface area contributed by atoms with Gasteiger partial charge in [0.15, 0.2) is 0 Å². The van der Waals surface area contributed by atoms with Crippen LogP contribution in [0.4, 0.5) is 0 Å². The first-order chi connectivity index (χ1) is 16.3. The molecule has 0 aliphatic heterocycles. The number of aryl methyl sites for hydroxylation is 1. The number of hydrazone groups is 1. The fourth-order valence-electron chi connectivity index (χ4n) is 3.78. The van der Waals surface area contributed by atoms with Crippen LogP contribution in [0, 0.1) is 6.92 Å². The van der Waals surface area contributed by atoms with E-state index < -0.39 is 21.6 Å². The highest BCUT2D eigenvalue weighted by Gasteiger charge is 2.25. The quantitative estimate of drug-likeness (QED) is 0.229. The molecule has 0 aliphatic carbocycles. The van der Waals surface area contributed by atoms with Crippen LogP contribution in [-0.4, -0.2) is 19.2 Å². The van der Waals surface area contributed by atoms with E-state index in [2.05, 4.69) is 9.93 Å². The van der Waals surface area contributed by atoms with E-state index in [0.29, 0.717) is 11.1 Å². The van der Waals surface area contributed by atoms with Gasteiger partial charge in [0, 0.05) is 11.6 Å². The molecular formula is C26H24N2O5S. The van der Waals surface area contributed by atoms with E-state index in [4.69, 9.17) is 4.42 Å². The lowest BCUT2D eigenvalue weighted by Gasteiger charge is -2.18. The summed E-state index contributed by atoms with van der Waals surface area (Å²) in [4.78, 5) is 15.3. The molecule has 8 heteroatoms. The average Bonchev–Trinajstić information content (AvgIpc) is 2.83. The largest absolute Gasteiger partial charge is 0.507 e. The molecular weight excluding hydrogens is 452 g/mol. The molecule has 0 spiro atoms. The van der Waals surface area contributed by atoms with E-state index in [1.165, 1.54) is 12.1 Å². The first-order valence-electron chi connectivity index (χ1n) is 10.7. The SMILES string of the molecule is C/C(C[C@H](c1ccccc1)c1c(O)c2ccccc2oc1=O)=N/NS(=O)(=O)c1ccc(C)cc1. The normalized spacial score (nSPS) is 13.1. The molecule has 174 valence electrons. The van der Waals surface area contributed by atoms with Gasteiger partial charge in [-0.2, -0.15) is 13.5 Å². The molecule has 7 nitrogen and oxygen atoms in total. The molecule has 0 amide bonds. The topological polar surface area (TPSA) is 109 Å². The molecule has 4 rings (SSSR count). The van der Waals surface area contributed by atoms with Crippen molar-refractivity contribution in [2.75, 3.05) is 0 Å². The molecule has 0 saturated heterocycles. The number of para-hydroxylation sites is 1. The molecule has 4 aromatic rings. The summed E-state index contributed by atoms with van der Waals surface area (Å²) in [5.74, 6) is -0.761. The maximum absolute atomic E-state index is 12.9. The van der Waals surface area contributed by atoms with E-state index in [0.717, 1.165) is 11.1 Å². The van der Waals surface area contributed by atoms with Crippen molar-refractivity contribution in [3.63, 3.8) is 0 Å². The van der Waals surface area contributed by atoms with Crippen molar-refractivity contribution in [1.29, 1.82) is 0 Å². The van der Waals surface area contributed by atoms with E-state index in [1.54, 1.807) is 43.3 Å². The van der Waals surface area contributed by atoms with Crippen LogP contribution in [0.15, 0.2) is 98.1 Å². The van der Waals surface area contributed by atoms with Gasteiger partial charge in [0.1, 0.15) is 11.3 Å². The van der Waals surface area contributed by atoms with Crippen LogP contribution in [0.25, 0.3) is 11.0 Å². The molecule has 0 aliphatic rings. The summed E-state index contributed by atoms with van der Waals surface area (Å²) in [5, 5.41) is 15.5. The smallest absolute Gasteiger partial charge is 0.343 e. The zero-order valence-corrected chi connectivity index (χ0v) is 19.5. The van der Waals surface area contributed by atoms with Crippen molar-refractivity contribution in [1.82, 2.24) is 4.83 Å². The highest BCUT2D eigenvalue weighted by molar-refractivity contribution is 7.89. The van der Waals surface area contributed by atoms with E-state index in [9.17, 15) is 18.3 Å². The van der Waals surface area contributed by atoms with Gasteiger partial charge < -0.3 is 9.52 Å². The second-order valence-corrected chi connectivity index (χ2v) is 9.73. The van der Waals surface area contributed by atoms with Crippen LogP contribution >= 0.6 is 0 Å². The summed E-state index contributed by atoms with van der Waals surface area (Å²) >= 11 is 0. The van der Waals surface area contributed by atoms with Crippen molar-refractivity contribution in [3.8, 4) is 5.75 Å². The summed E-state index contributed by atoms with van der Waals surface area (Å²) < 4.78 is 30.7. The molecule has 0 bridgehead atoms. The van der Waals surface area contributed by atoms with Crippen molar-refractivity contribution in [2.24, 2.45) is 5.10 Å². The van der Waals surface area contributed by atoms with E-state index in [1.807, 2.05) is 37.3 Å². The number of benzene rings is 3. The number of rotatable bonds is 7. The number of nitrogens with one attached hydrogen (secondary N) is 1. The summed E-state index contributed by atoms with van der Waals surface area (Å²) in [6, 6.07) is 22.4. The van der Waals surface area contributed by atoms with E-state index in [-0.39, 0.29) is 28.2 Å². The molecule has 0 fully saturated rings. The van der Waals surface area contributed by atoms with Crippen LogP contribution in [-0.2, 0) is 10.0 Å². The molecule has 0 saturated carbocycles. The second kappa shape index (κ2) is 9.52. The van der Waals surface area contributed by atoms with Gasteiger partial charge >= 0.3 is 5.63 Å². The van der Waals surface area contributed by atoms with Crippen molar-refractivity contribution < 1.29 is 17.9 Å². The lowest BCUT2D eigenvalue weighted by atomic mass is 9.87. The van der Waals surface area contributed by atoms with Gasteiger partial charge in [0.2, 0.25) is 0 Å². The maximum atomic E-state index is 12.9. The third-order valence-electron chi connectivity index (χ3n) is 5.56. The Morgan fingerprint density at radius 2 is 1.65 bits per heavy atom. The summed E-state index contributed by atoms with van der Waals surface area (Å²) in [5.41, 5.74) is 1.86. The first kappa shape index (κ1) is 23.3. The number of aromatic hydroxyl groups is 1. The predicted molar refractivity (Wildman–Crippen MR) is 132 cm³/mol. The first-order valence-corrected chi connectivity index (χ1v) is 12.2. The Labute approximate surface area is 197 Å². The fraction of sp³-hybridized carbons (Fsp3) is 0.154. The van der Waals surface area contributed by atoms with Crippen molar-refractivity contribution in [3.05, 3.63) is 106 Å². The Bertz CT molecular complexity index is 1510. The molecule has 3 aromatic carbocycles. The molecule has 0 radical (unpaired) electrons. The molecule has 1 heterocycles. The average molecular weight is 477 g/mol. The van der Waals surface area contributed by atoms with Crippen molar-refractivity contribution >= 4 is 26.7 Å². The highest BCUT2D eigenvalue weighted by atomic mass is 32.2. The molecule has 1 atom stereocenters. The minimum absolute atomic E-state index is 0.0980. The van der Waals surface area contributed by atoms with E-state index >= 15 is 0 Å². The van der Waals surface area contributed by atoms with Gasteiger partial charge in [-0.15, -0.1) is 0 Å². The Balaban J connectivity index is 1.70. The van der Waals surface area contributed by atoms with Gasteiger partial charge in [-0.25, -0.2) is 9.63 Å². The fourth-order valence-corrected chi connectivity index (χ4v) is 4.65. The molecule has 1 aromatic heterocycles. The molecule has 0 unspecified atom stereocenters. The summed E-state index contributed by atoms with van der Waals surface area (Å²) in [7, 11) is -3.85.